The van der Waals surface area contributed by atoms with Gasteiger partial charge < -0.3 is 0 Å². The summed E-state index contributed by atoms with van der Waals surface area (Å²) in [6.07, 6.45) is 0.0427. The van der Waals surface area contributed by atoms with E-state index in [2.05, 4.69) is 87.6 Å². The molecule has 3 aromatic carbocycles. The predicted octanol–water partition coefficient (Wildman–Crippen LogP) is 6.03. The van der Waals surface area contributed by atoms with Gasteiger partial charge >= 0.3 is 0 Å². The summed E-state index contributed by atoms with van der Waals surface area (Å²) in [6.45, 7) is 0. The Morgan fingerprint density at radius 2 is 1.46 bits per heavy atom. The summed E-state index contributed by atoms with van der Waals surface area (Å²) in [5, 5.41) is 0.755. The zero-order chi connectivity index (χ0) is 17.7. The van der Waals surface area contributed by atoms with Gasteiger partial charge in [-0.1, -0.05) is 82.1 Å². The maximum Gasteiger partial charge on any atom is 0.129 e. The van der Waals surface area contributed by atoms with E-state index in [9.17, 15) is 0 Å². The highest BCUT2D eigenvalue weighted by Crippen LogP contribution is 2.55. The molecule has 26 heavy (non-hydrogen) atoms. The zero-order valence-corrected chi connectivity index (χ0v) is 16.2. The van der Waals surface area contributed by atoms with Crippen LogP contribution >= 0.6 is 27.5 Å². The lowest BCUT2D eigenvalue weighted by Crippen LogP contribution is -2.08. The van der Waals surface area contributed by atoms with Crippen molar-refractivity contribution in [1.82, 2.24) is 4.90 Å². The summed E-state index contributed by atoms with van der Waals surface area (Å²) in [6, 6.07) is 27.9. The molecular formula is C22H16BrClN2. The molecule has 0 saturated carbocycles. The molecule has 4 atom stereocenters. The van der Waals surface area contributed by atoms with Crippen molar-refractivity contribution in [2.45, 2.75) is 18.2 Å². The first-order chi connectivity index (χ1) is 12.7. The molecule has 1 saturated heterocycles. The van der Waals surface area contributed by atoms with Crippen LogP contribution in [0.3, 0.4) is 0 Å². The van der Waals surface area contributed by atoms with Gasteiger partial charge in [0, 0.05) is 9.50 Å². The van der Waals surface area contributed by atoms with E-state index in [4.69, 9.17) is 16.6 Å². The number of rotatable bonds is 3. The largest absolute Gasteiger partial charge is 0.263 e. The van der Waals surface area contributed by atoms with Gasteiger partial charge in [0.2, 0.25) is 0 Å². The standard InChI is InChI=1S/C22H16BrClN2/c23-17-10-6-14(7-11-17)19-21-20(15-4-2-1-3-5-15)26(21)22(25-19)16-8-12-18(24)13-9-16/h1-13,20-22H/t20-,21-,22+,26?/m0/s1. The van der Waals surface area contributed by atoms with Gasteiger partial charge in [-0.3, -0.25) is 9.89 Å². The number of fused-ring (bicyclic) bond motifs is 1. The maximum absolute atomic E-state index is 6.08. The second-order valence-electron chi connectivity index (χ2n) is 6.69. The van der Waals surface area contributed by atoms with Crippen LogP contribution in [0.2, 0.25) is 5.02 Å². The van der Waals surface area contributed by atoms with Gasteiger partial charge in [-0.25, -0.2) is 0 Å². The lowest BCUT2D eigenvalue weighted by atomic mass is 10.0. The molecular weight excluding hydrogens is 408 g/mol. The SMILES string of the molecule is Clc1ccc([C@@H]2N=C(c3ccc(Br)cc3)[C@H]3[C@H](c4ccccc4)N23)cc1. The Kier molecular flexibility index (Phi) is 3.96. The molecule has 2 heterocycles. The molecule has 0 spiro atoms. The highest BCUT2D eigenvalue weighted by atomic mass is 79.9. The second kappa shape index (κ2) is 6.34. The number of halogens is 2. The molecule has 0 radical (unpaired) electrons. The van der Waals surface area contributed by atoms with E-state index in [1.54, 1.807) is 0 Å². The summed E-state index contributed by atoms with van der Waals surface area (Å²) >= 11 is 9.60. The monoisotopic (exact) mass is 422 g/mol. The van der Waals surface area contributed by atoms with Crippen molar-refractivity contribution in [3.8, 4) is 0 Å². The Bertz CT molecular complexity index is 967. The van der Waals surface area contributed by atoms with Crippen molar-refractivity contribution in [2.75, 3.05) is 0 Å². The summed E-state index contributed by atoms with van der Waals surface area (Å²) in [4.78, 5) is 7.56. The van der Waals surface area contributed by atoms with E-state index >= 15 is 0 Å². The molecule has 3 aromatic rings. The van der Waals surface area contributed by atoms with Gasteiger partial charge in [-0.05, 0) is 41.0 Å². The third-order valence-corrected chi connectivity index (χ3v) is 5.91. The van der Waals surface area contributed by atoms with Crippen molar-refractivity contribution < 1.29 is 0 Å². The number of aliphatic imine (C=N–C) groups is 1. The van der Waals surface area contributed by atoms with Crippen LogP contribution < -0.4 is 0 Å². The quantitative estimate of drug-likeness (QED) is 0.470. The highest BCUT2D eigenvalue weighted by molar-refractivity contribution is 9.10. The topological polar surface area (TPSA) is 15.4 Å². The molecule has 4 heteroatoms. The molecule has 128 valence electrons. The van der Waals surface area contributed by atoms with E-state index in [1.165, 1.54) is 22.4 Å². The van der Waals surface area contributed by atoms with E-state index in [0.717, 1.165) is 9.50 Å². The van der Waals surface area contributed by atoms with E-state index in [1.807, 2.05) is 12.1 Å². The minimum absolute atomic E-state index is 0.0427. The van der Waals surface area contributed by atoms with E-state index in [0.29, 0.717) is 12.1 Å². The second-order valence-corrected chi connectivity index (χ2v) is 8.05. The fraction of sp³-hybridized carbons (Fsp3) is 0.136. The molecule has 0 amide bonds. The van der Waals surface area contributed by atoms with Crippen LogP contribution in [-0.4, -0.2) is 16.7 Å². The van der Waals surface area contributed by atoms with E-state index < -0.39 is 0 Å². The Morgan fingerprint density at radius 1 is 0.769 bits per heavy atom. The van der Waals surface area contributed by atoms with Crippen LogP contribution in [0.4, 0.5) is 0 Å². The first-order valence-corrected chi connectivity index (χ1v) is 9.81. The van der Waals surface area contributed by atoms with Crippen molar-refractivity contribution in [3.63, 3.8) is 0 Å². The van der Waals surface area contributed by atoms with Gasteiger partial charge in [0.05, 0.1) is 17.8 Å². The summed E-state index contributed by atoms with van der Waals surface area (Å²) < 4.78 is 1.08. The molecule has 0 N–H and O–H groups in total. The van der Waals surface area contributed by atoms with Gasteiger partial charge in [0.15, 0.2) is 0 Å². The third-order valence-electron chi connectivity index (χ3n) is 5.12. The minimum Gasteiger partial charge on any atom is -0.263 e. The molecule has 0 bridgehead atoms. The normalized spacial score (nSPS) is 26.3. The number of benzene rings is 3. The lowest BCUT2D eigenvalue weighted by molar-refractivity contribution is 0.404. The molecule has 5 rings (SSSR count). The molecule has 2 aliphatic rings. The first kappa shape index (κ1) is 16.2. The molecule has 2 aliphatic heterocycles. The smallest absolute Gasteiger partial charge is 0.129 e. The fourth-order valence-electron chi connectivity index (χ4n) is 3.87. The van der Waals surface area contributed by atoms with Crippen molar-refractivity contribution >= 4 is 33.2 Å². The maximum atomic E-state index is 6.08. The van der Waals surface area contributed by atoms with E-state index in [-0.39, 0.29) is 6.17 Å². The lowest BCUT2D eigenvalue weighted by Gasteiger charge is -2.14. The van der Waals surface area contributed by atoms with Crippen LogP contribution in [0.5, 0.6) is 0 Å². The van der Waals surface area contributed by atoms with Crippen molar-refractivity contribution in [1.29, 1.82) is 0 Å². The average Bonchev–Trinajstić information content (AvgIpc) is 3.29. The van der Waals surface area contributed by atoms with Crippen LogP contribution in [0, 0.1) is 0 Å². The number of nitrogens with zero attached hydrogens (tertiary/aromatic N) is 2. The van der Waals surface area contributed by atoms with Crippen LogP contribution in [0.15, 0.2) is 88.3 Å². The van der Waals surface area contributed by atoms with Crippen LogP contribution in [0.25, 0.3) is 0 Å². The zero-order valence-electron chi connectivity index (χ0n) is 13.9. The van der Waals surface area contributed by atoms with Gasteiger partial charge in [-0.15, -0.1) is 0 Å². The third kappa shape index (κ3) is 2.71. The van der Waals surface area contributed by atoms with Crippen molar-refractivity contribution in [2.24, 2.45) is 4.99 Å². The van der Waals surface area contributed by atoms with Gasteiger partial charge in [-0.2, -0.15) is 0 Å². The summed E-state index contributed by atoms with van der Waals surface area (Å²) in [5.41, 5.74) is 4.90. The summed E-state index contributed by atoms with van der Waals surface area (Å²) in [5.74, 6) is 0. The minimum atomic E-state index is 0.0427. The van der Waals surface area contributed by atoms with Gasteiger partial charge in [0.1, 0.15) is 6.17 Å². The molecule has 0 aliphatic carbocycles. The highest BCUT2D eigenvalue weighted by Gasteiger charge is 2.59. The molecule has 1 fully saturated rings. The number of hydrogen-bond donors (Lipinski definition) is 0. The Morgan fingerprint density at radius 3 is 2.15 bits per heavy atom. The Labute approximate surface area is 166 Å². The van der Waals surface area contributed by atoms with Crippen LogP contribution in [-0.2, 0) is 0 Å². The van der Waals surface area contributed by atoms with Crippen molar-refractivity contribution in [3.05, 3.63) is 105 Å². The Balaban J connectivity index is 1.56. The predicted molar refractivity (Wildman–Crippen MR) is 110 cm³/mol. The Hall–Kier alpha value is -1.94. The molecule has 2 nitrogen and oxygen atoms in total. The number of hydrogen-bond acceptors (Lipinski definition) is 2. The van der Waals surface area contributed by atoms with Crippen LogP contribution in [0.1, 0.15) is 28.9 Å². The molecule has 0 aromatic heterocycles. The fourth-order valence-corrected chi connectivity index (χ4v) is 4.26. The summed E-state index contributed by atoms with van der Waals surface area (Å²) in [7, 11) is 0. The first-order valence-electron chi connectivity index (χ1n) is 8.64. The molecule has 1 unspecified atom stereocenters. The average molecular weight is 424 g/mol. The van der Waals surface area contributed by atoms with Gasteiger partial charge in [0.25, 0.3) is 0 Å².